The van der Waals surface area contributed by atoms with Gasteiger partial charge < -0.3 is 15.3 Å². The molecule has 5 rings (SSSR count). The summed E-state index contributed by atoms with van der Waals surface area (Å²) in [6.45, 7) is -3.49. The molecule has 0 saturated carbocycles. The molecule has 2 fully saturated rings. The van der Waals surface area contributed by atoms with E-state index in [-0.39, 0.29) is 34.8 Å². The highest BCUT2D eigenvalue weighted by Crippen LogP contribution is 2.38. The molecule has 0 aliphatic carbocycles. The lowest BCUT2D eigenvalue weighted by molar-refractivity contribution is 0.0405. The summed E-state index contributed by atoms with van der Waals surface area (Å²) < 4.78 is 62.0. The molecule has 32 heavy (non-hydrogen) atoms. The lowest BCUT2D eigenvalue weighted by Crippen LogP contribution is -2.68. The van der Waals surface area contributed by atoms with Gasteiger partial charge in [0.1, 0.15) is 11.9 Å². The standard InChI is InChI=1S/C21H26FN9O/c1-21-8-4-5-13(24-21)10-15(18(21)22)30(2)17-11-23-20(26-25-17)14-7-6-12(9-16(14)32)19-27-29-31(3)28-19/h6-7,9,11,13,15,18,24,32H,4-5,8,10H2,1-3H3/t13-,15+,18+,21-/m0/s1/i2D3,3D3. The van der Waals surface area contributed by atoms with Crippen LogP contribution in [0.2, 0.25) is 0 Å². The predicted octanol–water partition coefficient (Wildman–Crippen LogP) is 1.88. The smallest absolute Gasteiger partial charge is 0.205 e. The Balaban J connectivity index is 1.42. The number of piperidine rings is 2. The highest BCUT2D eigenvalue weighted by atomic mass is 19.1. The molecule has 4 atom stereocenters. The summed E-state index contributed by atoms with van der Waals surface area (Å²) >= 11 is 0. The van der Waals surface area contributed by atoms with Crippen molar-refractivity contribution in [3.05, 3.63) is 24.4 Å². The summed E-state index contributed by atoms with van der Waals surface area (Å²) in [5, 5.41) is 33.0. The maximum absolute atomic E-state index is 15.7. The van der Waals surface area contributed by atoms with Crippen LogP contribution in [0.5, 0.6) is 5.75 Å². The van der Waals surface area contributed by atoms with Gasteiger partial charge in [-0.25, -0.2) is 9.37 Å². The van der Waals surface area contributed by atoms with Crippen molar-refractivity contribution in [2.24, 2.45) is 6.98 Å². The molecule has 0 spiro atoms. The van der Waals surface area contributed by atoms with Gasteiger partial charge in [0.2, 0.25) is 5.82 Å². The van der Waals surface area contributed by atoms with E-state index in [1.807, 2.05) is 0 Å². The Morgan fingerprint density at radius 1 is 1.31 bits per heavy atom. The number of nitrogens with one attached hydrogen (secondary N) is 1. The maximum Gasteiger partial charge on any atom is 0.205 e. The highest BCUT2D eigenvalue weighted by Gasteiger charge is 2.49. The number of benzene rings is 1. The molecule has 3 aromatic rings. The van der Waals surface area contributed by atoms with E-state index in [4.69, 9.17) is 8.22 Å². The zero-order valence-corrected chi connectivity index (χ0v) is 17.3. The number of alkyl halides is 1. The number of anilines is 1. The van der Waals surface area contributed by atoms with Crippen LogP contribution in [0.3, 0.4) is 0 Å². The van der Waals surface area contributed by atoms with E-state index in [9.17, 15) is 5.11 Å². The zero-order valence-electron chi connectivity index (χ0n) is 23.3. The van der Waals surface area contributed by atoms with Gasteiger partial charge in [-0.2, -0.15) is 4.80 Å². The number of aryl methyl sites for hydroxylation is 1. The second-order valence-electron chi connectivity index (χ2n) is 8.50. The van der Waals surface area contributed by atoms with Crippen LogP contribution in [-0.2, 0) is 6.98 Å². The van der Waals surface area contributed by atoms with Crippen molar-refractivity contribution in [3.63, 3.8) is 0 Å². The summed E-state index contributed by atoms with van der Waals surface area (Å²) in [6, 6.07) is 3.34. The number of rotatable bonds is 4. The second kappa shape index (κ2) is 7.73. The Labute approximate surface area is 193 Å². The van der Waals surface area contributed by atoms with Crippen LogP contribution in [0, 0.1) is 0 Å². The van der Waals surface area contributed by atoms with E-state index < -0.39 is 31.7 Å². The summed E-state index contributed by atoms with van der Waals surface area (Å²) in [5.74, 6) is -0.357. The number of tetrazole rings is 1. The molecule has 2 saturated heterocycles. The molecule has 2 aliphatic rings. The van der Waals surface area contributed by atoms with Crippen LogP contribution in [0.25, 0.3) is 22.8 Å². The molecule has 0 radical (unpaired) electrons. The Morgan fingerprint density at radius 3 is 2.94 bits per heavy atom. The van der Waals surface area contributed by atoms with Gasteiger partial charge in [-0.1, -0.05) is 6.07 Å². The largest absolute Gasteiger partial charge is 0.507 e. The molecule has 2 aromatic heterocycles. The quantitative estimate of drug-likeness (QED) is 0.620. The van der Waals surface area contributed by atoms with Crippen molar-refractivity contribution >= 4 is 5.82 Å². The van der Waals surface area contributed by atoms with E-state index in [1.54, 1.807) is 6.92 Å². The molecule has 0 unspecified atom stereocenters. The van der Waals surface area contributed by atoms with Gasteiger partial charge >= 0.3 is 0 Å². The average molecular weight is 446 g/mol. The van der Waals surface area contributed by atoms with Gasteiger partial charge in [0.25, 0.3) is 0 Å². The van der Waals surface area contributed by atoms with Crippen LogP contribution in [0.15, 0.2) is 24.4 Å². The zero-order chi connectivity index (χ0) is 27.5. The van der Waals surface area contributed by atoms with E-state index in [2.05, 4.69) is 35.9 Å². The first-order chi connectivity index (χ1) is 17.8. The lowest BCUT2D eigenvalue weighted by Gasteiger charge is -2.52. The number of phenolic OH excluding ortho intramolecular Hbond substituents is 1. The van der Waals surface area contributed by atoms with Gasteiger partial charge in [0.15, 0.2) is 11.6 Å². The SMILES string of the molecule is [2H]C([2H])([2H])N(c1cnc(-c2ccc(-c3nnn(C([2H])([2H])[2H])n3)cc2O)nn1)[C@@H]1C[C@@H]2CCC[C@](C)(N2)[C@@H]1F. The molecule has 2 bridgehead atoms. The fourth-order valence-electron chi connectivity index (χ4n) is 4.66. The van der Waals surface area contributed by atoms with Crippen LogP contribution >= 0.6 is 0 Å². The fourth-order valence-corrected chi connectivity index (χ4v) is 4.66. The van der Waals surface area contributed by atoms with E-state index in [1.165, 1.54) is 24.4 Å². The molecular formula is C21H26FN9O. The first kappa shape index (κ1) is 14.8. The van der Waals surface area contributed by atoms with Crippen LogP contribution in [0.4, 0.5) is 10.2 Å². The van der Waals surface area contributed by atoms with Crippen LogP contribution in [-0.4, -0.2) is 71.3 Å². The number of hydrogen-bond donors (Lipinski definition) is 2. The Hall–Kier alpha value is -3.21. The van der Waals surface area contributed by atoms with Gasteiger partial charge in [-0.15, -0.1) is 20.4 Å². The van der Waals surface area contributed by atoms with Crippen LogP contribution < -0.4 is 10.2 Å². The summed E-state index contributed by atoms with van der Waals surface area (Å²) in [6.07, 6.45) is 2.39. The van der Waals surface area contributed by atoms with E-state index in [0.29, 0.717) is 23.2 Å². The van der Waals surface area contributed by atoms with Crippen molar-refractivity contribution in [3.8, 4) is 28.5 Å². The maximum atomic E-state index is 15.7. The molecule has 0 amide bonds. The fraction of sp³-hybridized carbons (Fsp3) is 0.524. The number of aromatic nitrogens is 7. The van der Waals surface area contributed by atoms with Crippen molar-refractivity contribution < 1.29 is 17.7 Å². The Bertz CT molecular complexity index is 1320. The first-order valence-corrected chi connectivity index (χ1v) is 10.3. The van der Waals surface area contributed by atoms with Crippen molar-refractivity contribution in [1.82, 2.24) is 40.7 Å². The molecular weight excluding hydrogens is 413 g/mol. The van der Waals surface area contributed by atoms with Gasteiger partial charge in [0.05, 0.1) is 24.8 Å². The number of halogens is 1. The molecule has 11 heteroatoms. The third-order valence-electron chi connectivity index (χ3n) is 6.29. The van der Waals surface area contributed by atoms with E-state index >= 15 is 4.39 Å². The first-order valence-electron chi connectivity index (χ1n) is 13.3. The summed E-state index contributed by atoms with van der Waals surface area (Å²) in [4.78, 5) is 5.69. The van der Waals surface area contributed by atoms with Gasteiger partial charge in [-0.05, 0) is 50.0 Å². The third kappa shape index (κ3) is 3.56. The van der Waals surface area contributed by atoms with Crippen molar-refractivity contribution in [2.75, 3.05) is 11.9 Å². The average Bonchev–Trinajstić information content (AvgIpc) is 3.33. The monoisotopic (exact) mass is 445 g/mol. The number of fused-ring (bicyclic) bond motifs is 2. The number of hydrogen-bond acceptors (Lipinski definition) is 9. The Morgan fingerprint density at radius 2 is 2.22 bits per heavy atom. The molecule has 168 valence electrons. The molecule has 10 nitrogen and oxygen atoms in total. The lowest BCUT2D eigenvalue weighted by atomic mass is 9.73. The minimum absolute atomic E-state index is 0.00195. The molecule has 4 heterocycles. The molecule has 2 aliphatic heterocycles. The molecule has 2 N–H and O–H groups in total. The number of phenols is 1. The van der Waals surface area contributed by atoms with Crippen LogP contribution in [0.1, 0.15) is 40.8 Å². The minimum atomic E-state index is -2.68. The Kier molecular flexibility index (Phi) is 3.57. The second-order valence-corrected chi connectivity index (χ2v) is 8.50. The number of aromatic hydroxyl groups is 1. The van der Waals surface area contributed by atoms with Crippen molar-refractivity contribution in [2.45, 2.75) is 56.4 Å². The van der Waals surface area contributed by atoms with Crippen molar-refractivity contribution in [1.29, 1.82) is 0 Å². The topological polar surface area (TPSA) is 118 Å². The normalized spacial score (nSPS) is 30.9. The predicted molar refractivity (Wildman–Crippen MR) is 116 cm³/mol. The highest BCUT2D eigenvalue weighted by molar-refractivity contribution is 5.69. The molecule has 1 aromatic carbocycles. The minimum Gasteiger partial charge on any atom is -0.507 e. The van der Waals surface area contributed by atoms with Gasteiger partial charge in [-0.3, -0.25) is 0 Å². The van der Waals surface area contributed by atoms with Gasteiger partial charge in [0, 0.05) is 32.3 Å². The van der Waals surface area contributed by atoms with E-state index in [0.717, 1.165) is 17.7 Å². The third-order valence-corrected chi connectivity index (χ3v) is 6.29. The summed E-state index contributed by atoms with van der Waals surface area (Å²) in [7, 11) is 0. The number of nitrogens with zero attached hydrogens (tertiary/aromatic N) is 8. The summed E-state index contributed by atoms with van der Waals surface area (Å²) in [5.41, 5.74) is -0.338.